The van der Waals surface area contributed by atoms with Crippen LogP contribution < -0.4 is 10.2 Å². The Morgan fingerprint density at radius 2 is 1.78 bits per heavy atom. The van der Waals surface area contributed by atoms with E-state index in [9.17, 15) is 4.79 Å². The minimum absolute atomic E-state index is 0.119. The van der Waals surface area contributed by atoms with Gasteiger partial charge >= 0.3 is 0 Å². The van der Waals surface area contributed by atoms with Gasteiger partial charge in [0.05, 0.1) is 0 Å². The van der Waals surface area contributed by atoms with Gasteiger partial charge in [0.25, 0.3) is 5.91 Å². The predicted octanol–water partition coefficient (Wildman–Crippen LogP) is 4.30. The van der Waals surface area contributed by atoms with E-state index in [1.165, 1.54) is 25.7 Å². The summed E-state index contributed by atoms with van der Waals surface area (Å²) in [5.74, 6) is 1.92. The van der Waals surface area contributed by atoms with Crippen LogP contribution in [0, 0.1) is 5.92 Å². The molecule has 1 aromatic heterocycles. The van der Waals surface area contributed by atoms with Crippen molar-refractivity contribution in [1.29, 1.82) is 0 Å². The Bertz CT molecular complexity index is 737. The summed E-state index contributed by atoms with van der Waals surface area (Å²) in [7, 11) is 0. The van der Waals surface area contributed by atoms with Crippen LogP contribution in [0.3, 0.4) is 0 Å². The fourth-order valence-electron chi connectivity index (χ4n) is 3.29. The maximum atomic E-state index is 12.7. The molecule has 5 heteroatoms. The largest absolute Gasteiger partial charge is 0.356 e. The normalized spacial score (nSPS) is 14.9. The third-order valence-electron chi connectivity index (χ3n) is 4.91. The van der Waals surface area contributed by atoms with Gasteiger partial charge in [-0.2, -0.15) is 0 Å². The van der Waals surface area contributed by atoms with Crippen LogP contribution >= 0.6 is 0 Å². The molecule has 0 radical (unpaired) electrons. The van der Waals surface area contributed by atoms with E-state index in [4.69, 9.17) is 4.98 Å². The van der Waals surface area contributed by atoms with Crippen molar-refractivity contribution in [2.24, 2.45) is 5.92 Å². The maximum absolute atomic E-state index is 12.7. The Morgan fingerprint density at radius 3 is 2.44 bits per heavy atom. The first-order valence-corrected chi connectivity index (χ1v) is 10.1. The van der Waals surface area contributed by atoms with Crippen LogP contribution in [0.5, 0.6) is 0 Å². The van der Waals surface area contributed by atoms with Crippen LogP contribution in [0.4, 0.5) is 5.82 Å². The molecule has 27 heavy (non-hydrogen) atoms. The number of carbonyl (C=O) groups excluding carboxylic acids is 1. The van der Waals surface area contributed by atoms with Gasteiger partial charge in [0.2, 0.25) is 0 Å². The van der Waals surface area contributed by atoms with Crippen molar-refractivity contribution in [3.8, 4) is 11.4 Å². The Morgan fingerprint density at radius 1 is 1.07 bits per heavy atom. The molecule has 5 nitrogen and oxygen atoms in total. The molecule has 2 aromatic rings. The van der Waals surface area contributed by atoms with Crippen molar-refractivity contribution in [1.82, 2.24) is 15.3 Å². The summed E-state index contributed by atoms with van der Waals surface area (Å²) in [6.07, 6.45) is 5.81. The van der Waals surface area contributed by atoms with Crippen molar-refractivity contribution in [2.45, 2.75) is 46.0 Å². The van der Waals surface area contributed by atoms with Gasteiger partial charge in [-0.15, -0.1) is 0 Å². The van der Waals surface area contributed by atoms with Crippen LogP contribution in [0.1, 0.15) is 56.4 Å². The van der Waals surface area contributed by atoms with Gasteiger partial charge in [-0.3, -0.25) is 4.79 Å². The highest BCUT2D eigenvalue weighted by Crippen LogP contribution is 2.22. The van der Waals surface area contributed by atoms with Gasteiger partial charge < -0.3 is 10.2 Å². The molecule has 1 N–H and O–H groups in total. The lowest BCUT2D eigenvalue weighted by Gasteiger charge is -2.22. The lowest BCUT2D eigenvalue weighted by Crippen LogP contribution is -2.29. The van der Waals surface area contributed by atoms with Gasteiger partial charge in [-0.25, -0.2) is 9.97 Å². The zero-order valence-corrected chi connectivity index (χ0v) is 16.4. The molecule has 1 aliphatic heterocycles. The Kier molecular flexibility index (Phi) is 6.80. The van der Waals surface area contributed by atoms with Crippen LogP contribution in [0.2, 0.25) is 0 Å². The van der Waals surface area contributed by atoms with E-state index in [0.717, 1.165) is 30.9 Å². The number of nitrogens with one attached hydrogen (secondary N) is 1. The monoisotopic (exact) mass is 366 g/mol. The molecule has 0 saturated carbocycles. The highest BCUT2D eigenvalue weighted by atomic mass is 16.1. The molecule has 0 spiro atoms. The van der Waals surface area contributed by atoms with Crippen molar-refractivity contribution in [3.05, 3.63) is 42.1 Å². The van der Waals surface area contributed by atoms with E-state index in [1.54, 1.807) is 0 Å². The molecule has 0 unspecified atom stereocenters. The quantitative estimate of drug-likeness (QED) is 0.828. The van der Waals surface area contributed by atoms with E-state index in [2.05, 4.69) is 29.0 Å². The average molecular weight is 367 g/mol. The number of hydrogen-bond donors (Lipinski definition) is 1. The van der Waals surface area contributed by atoms with Gasteiger partial charge in [0.15, 0.2) is 5.82 Å². The van der Waals surface area contributed by atoms with Gasteiger partial charge in [-0.05, 0) is 25.2 Å². The number of aromatic nitrogens is 2. The van der Waals surface area contributed by atoms with E-state index in [0.29, 0.717) is 24.0 Å². The summed E-state index contributed by atoms with van der Waals surface area (Å²) in [4.78, 5) is 24.4. The van der Waals surface area contributed by atoms with Gasteiger partial charge in [-0.1, -0.05) is 57.0 Å². The Labute approximate surface area is 162 Å². The van der Waals surface area contributed by atoms with Crippen molar-refractivity contribution in [3.63, 3.8) is 0 Å². The summed E-state index contributed by atoms with van der Waals surface area (Å²) in [5, 5.41) is 3.00. The van der Waals surface area contributed by atoms with Crippen LogP contribution in [-0.4, -0.2) is 35.5 Å². The molecule has 0 atom stereocenters. The first kappa shape index (κ1) is 19.3. The topological polar surface area (TPSA) is 58.1 Å². The maximum Gasteiger partial charge on any atom is 0.270 e. The second-order valence-corrected chi connectivity index (χ2v) is 7.64. The van der Waals surface area contributed by atoms with Crippen LogP contribution in [0.15, 0.2) is 36.4 Å². The molecular formula is C22H30N4O. The Hall–Kier alpha value is -2.43. The lowest BCUT2D eigenvalue weighted by atomic mass is 10.1. The first-order valence-electron chi connectivity index (χ1n) is 10.1. The van der Waals surface area contributed by atoms with Gasteiger partial charge in [0, 0.05) is 31.3 Å². The summed E-state index contributed by atoms with van der Waals surface area (Å²) >= 11 is 0. The molecule has 1 aromatic carbocycles. The predicted molar refractivity (Wildman–Crippen MR) is 110 cm³/mol. The minimum Gasteiger partial charge on any atom is -0.356 e. The van der Waals surface area contributed by atoms with Crippen molar-refractivity contribution in [2.75, 3.05) is 24.5 Å². The van der Waals surface area contributed by atoms with Gasteiger partial charge in [0.1, 0.15) is 11.5 Å². The number of rotatable bonds is 6. The summed E-state index contributed by atoms with van der Waals surface area (Å²) < 4.78 is 0. The highest BCUT2D eigenvalue weighted by molar-refractivity contribution is 5.93. The molecule has 1 fully saturated rings. The molecule has 2 heterocycles. The Balaban J connectivity index is 1.89. The fourth-order valence-corrected chi connectivity index (χ4v) is 3.29. The molecule has 144 valence electrons. The third-order valence-corrected chi connectivity index (χ3v) is 4.91. The number of nitrogens with zero attached hydrogens (tertiary/aromatic N) is 3. The molecular weight excluding hydrogens is 336 g/mol. The lowest BCUT2D eigenvalue weighted by molar-refractivity contribution is 0.0947. The molecule has 1 saturated heterocycles. The SMILES string of the molecule is CC(C)CCNC(=O)c1cc(N2CCCCCC2)nc(-c2ccccc2)n1. The van der Waals surface area contributed by atoms with Crippen LogP contribution in [-0.2, 0) is 0 Å². The zero-order valence-electron chi connectivity index (χ0n) is 16.4. The highest BCUT2D eigenvalue weighted by Gasteiger charge is 2.17. The van der Waals surface area contributed by atoms with E-state index < -0.39 is 0 Å². The van der Waals surface area contributed by atoms with Crippen LogP contribution in [0.25, 0.3) is 11.4 Å². The van der Waals surface area contributed by atoms with Crippen molar-refractivity contribution < 1.29 is 4.79 Å². The second-order valence-electron chi connectivity index (χ2n) is 7.64. The zero-order chi connectivity index (χ0) is 19.1. The first-order chi connectivity index (χ1) is 13.1. The molecule has 0 bridgehead atoms. The summed E-state index contributed by atoms with van der Waals surface area (Å²) in [5.41, 5.74) is 1.39. The number of anilines is 1. The summed E-state index contributed by atoms with van der Waals surface area (Å²) in [6, 6.07) is 11.7. The third kappa shape index (κ3) is 5.52. The molecule has 3 rings (SSSR count). The summed E-state index contributed by atoms with van der Waals surface area (Å²) in [6.45, 7) is 6.95. The van der Waals surface area contributed by atoms with Crippen molar-refractivity contribution >= 4 is 11.7 Å². The molecule has 1 amide bonds. The molecule has 1 aliphatic rings. The number of benzene rings is 1. The van der Waals surface area contributed by atoms with E-state index in [-0.39, 0.29) is 5.91 Å². The standard InChI is InChI=1S/C22H30N4O/c1-17(2)12-13-23-22(27)19-16-20(26-14-8-3-4-9-15-26)25-21(24-19)18-10-6-5-7-11-18/h5-7,10-11,16-17H,3-4,8-9,12-15H2,1-2H3,(H,23,27). The number of amides is 1. The van der Waals surface area contributed by atoms with E-state index in [1.807, 2.05) is 36.4 Å². The fraction of sp³-hybridized carbons (Fsp3) is 0.500. The number of hydrogen-bond acceptors (Lipinski definition) is 4. The minimum atomic E-state index is -0.119. The smallest absolute Gasteiger partial charge is 0.270 e. The van der Waals surface area contributed by atoms with E-state index >= 15 is 0 Å². The molecule has 0 aliphatic carbocycles. The second kappa shape index (κ2) is 9.49. The number of carbonyl (C=O) groups is 1. The average Bonchev–Trinajstić information content (AvgIpc) is 2.97.